The second-order valence-electron chi connectivity index (χ2n) is 8.51. The molecule has 0 spiro atoms. The second-order valence-corrected chi connectivity index (χ2v) is 8.51. The molecule has 1 saturated heterocycles. The minimum Gasteiger partial charge on any atom is -0.465 e. The summed E-state index contributed by atoms with van der Waals surface area (Å²) >= 11 is 0. The summed E-state index contributed by atoms with van der Waals surface area (Å²) in [5.74, 6) is 0.151. The highest BCUT2D eigenvalue weighted by Gasteiger charge is 2.22. The fourth-order valence-corrected chi connectivity index (χ4v) is 3.61. The molecule has 0 radical (unpaired) electrons. The maximum Gasteiger partial charge on any atom is 0.332 e. The smallest absolute Gasteiger partial charge is 0.332 e. The highest BCUT2D eigenvalue weighted by atomic mass is 16.7. The number of Topliss-reactive ketones (excluding diaryl/α,β-unsaturated/α-hetero) is 1. The minimum atomic E-state index is -0.520. The molecule has 0 aliphatic carbocycles. The molecule has 0 aromatic carbocycles. The molecule has 2 rings (SSSR count). The van der Waals surface area contributed by atoms with Crippen LogP contribution in [-0.4, -0.2) is 36.5 Å². The Morgan fingerprint density at radius 1 is 1.03 bits per heavy atom. The first kappa shape index (κ1) is 24.4. The molecule has 1 fully saturated rings. The van der Waals surface area contributed by atoms with Crippen molar-refractivity contribution in [2.24, 2.45) is 5.92 Å². The molecule has 6 nitrogen and oxygen atoms in total. The zero-order valence-corrected chi connectivity index (χ0v) is 18.8. The van der Waals surface area contributed by atoms with Crippen LogP contribution >= 0.6 is 0 Å². The van der Waals surface area contributed by atoms with Gasteiger partial charge in [0, 0.05) is 19.2 Å². The molecule has 2 heterocycles. The third-order valence-corrected chi connectivity index (χ3v) is 5.67. The quantitative estimate of drug-likeness (QED) is 0.198. The molecular weight excluding hydrogens is 382 g/mol. The van der Waals surface area contributed by atoms with E-state index in [2.05, 4.69) is 13.8 Å². The molecule has 1 aromatic heterocycles. The van der Waals surface area contributed by atoms with Crippen molar-refractivity contribution in [3.8, 4) is 5.95 Å². The molecule has 0 N–H and O–H groups in total. The Morgan fingerprint density at radius 3 is 2.33 bits per heavy atom. The predicted molar refractivity (Wildman–Crippen MR) is 116 cm³/mol. The van der Waals surface area contributed by atoms with Gasteiger partial charge in [-0.2, -0.15) is 0 Å². The number of furan rings is 1. The lowest BCUT2D eigenvalue weighted by atomic mass is 10.0. The van der Waals surface area contributed by atoms with Crippen LogP contribution < -0.4 is 4.74 Å². The van der Waals surface area contributed by atoms with Gasteiger partial charge in [0.1, 0.15) is 12.7 Å². The Bertz CT molecular complexity index is 619. The van der Waals surface area contributed by atoms with Gasteiger partial charge in [-0.25, -0.2) is 4.79 Å². The van der Waals surface area contributed by atoms with Gasteiger partial charge in [-0.3, -0.25) is 4.79 Å². The molecule has 0 amide bonds. The summed E-state index contributed by atoms with van der Waals surface area (Å²) in [6.45, 7) is 6.46. The minimum absolute atomic E-state index is 0.288. The molecule has 30 heavy (non-hydrogen) atoms. The van der Waals surface area contributed by atoms with Gasteiger partial charge >= 0.3 is 5.97 Å². The van der Waals surface area contributed by atoms with Crippen LogP contribution in [0.4, 0.5) is 0 Å². The number of carbonyl (C=O) groups excluding carboxylic acids is 2. The highest BCUT2D eigenvalue weighted by molar-refractivity contribution is 6.05. The third-order valence-electron chi connectivity index (χ3n) is 5.67. The number of ketones is 1. The van der Waals surface area contributed by atoms with Crippen molar-refractivity contribution in [2.75, 3.05) is 19.7 Å². The number of hydroxylamine groups is 2. The molecule has 1 aromatic rings. The fraction of sp³-hybridized carbons (Fsp3) is 0.750. The van der Waals surface area contributed by atoms with Crippen LogP contribution in [0.2, 0.25) is 0 Å². The lowest BCUT2D eigenvalue weighted by Crippen LogP contribution is -2.35. The molecule has 170 valence electrons. The van der Waals surface area contributed by atoms with E-state index in [1.165, 1.54) is 51.2 Å². The predicted octanol–water partition coefficient (Wildman–Crippen LogP) is 5.95. The van der Waals surface area contributed by atoms with Gasteiger partial charge in [-0.05, 0) is 25.2 Å². The molecule has 0 atom stereocenters. The summed E-state index contributed by atoms with van der Waals surface area (Å²) in [7, 11) is 0. The SMILES string of the molecule is CCCCCCCCCCCOc1cc(C(=O)CC(=O)ON2CCC(C)CC2)co1. The summed E-state index contributed by atoms with van der Waals surface area (Å²) in [5, 5.41) is 1.66. The standard InChI is InChI=1S/C24H39NO5/c1-3-4-5-6-7-8-9-10-11-16-28-24-17-21(19-29-24)22(26)18-23(27)30-25-14-12-20(2)13-15-25/h17,19-20H,3-16,18H2,1-2H3. The summed E-state index contributed by atoms with van der Waals surface area (Å²) < 4.78 is 10.9. The van der Waals surface area contributed by atoms with Gasteiger partial charge in [-0.1, -0.05) is 65.2 Å². The first-order chi connectivity index (χ1) is 14.6. The highest BCUT2D eigenvalue weighted by Crippen LogP contribution is 2.20. The number of unbranched alkanes of at least 4 members (excludes halogenated alkanes) is 8. The van der Waals surface area contributed by atoms with Gasteiger partial charge in [0.05, 0.1) is 12.2 Å². The van der Waals surface area contributed by atoms with Crippen molar-refractivity contribution in [2.45, 2.75) is 90.9 Å². The molecule has 0 saturated carbocycles. The van der Waals surface area contributed by atoms with Crippen molar-refractivity contribution in [3.05, 3.63) is 17.9 Å². The van der Waals surface area contributed by atoms with E-state index in [0.29, 0.717) is 24.0 Å². The first-order valence-electron chi connectivity index (χ1n) is 11.8. The van der Waals surface area contributed by atoms with E-state index in [4.69, 9.17) is 14.0 Å². The monoisotopic (exact) mass is 421 g/mol. The second kappa shape index (κ2) is 14.2. The Hall–Kier alpha value is -1.82. The van der Waals surface area contributed by atoms with Crippen LogP contribution in [0.3, 0.4) is 0 Å². The summed E-state index contributed by atoms with van der Waals surface area (Å²) in [6, 6.07) is 1.56. The van der Waals surface area contributed by atoms with Crippen LogP contribution in [0, 0.1) is 5.92 Å². The van der Waals surface area contributed by atoms with Crippen LogP contribution in [0.1, 0.15) is 101 Å². The molecular formula is C24H39NO5. The molecule has 0 unspecified atom stereocenters. The average molecular weight is 422 g/mol. The van der Waals surface area contributed by atoms with E-state index >= 15 is 0 Å². The van der Waals surface area contributed by atoms with Crippen molar-refractivity contribution in [3.63, 3.8) is 0 Å². The number of ether oxygens (including phenoxy) is 1. The van der Waals surface area contributed by atoms with Crippen LogP contribution in [-0.2, 0) is 9.63 Å². The van der Waals surface area contributed by atoms with Crippen LogP contribution in [0.15, 0.2) is 16.7 Å². The van der Waals surface area contributed by atoms with Crippen molar-refractivity contribution >= 4 is 11.8 Å². The number of carbonyl (C=O) groups is 2. The number of piperidine rings is 1. The molecule has 1 aliphatic heterocycles. The topological polar surface area (TPSA) is 69.0 Å². The molecule has 0 bridgehead atoms. The van der Waals surface area contributed by atoms with E-state index in [9.17, 15) is 9.59 Å². The lowest BCUT2D eigenvalue weighted by Gasteiger charge is -2.28. The molecule has 6 heteroatoms. The van der Waals surface area contributed by atoms with Crippen LogP contribution in [0.25, 0.3) is 0 Å². The van der Waals surface area contributed by atoms with Gasteiger partial charge in [0.2, 0.25) is 0 Å². The third kappa shape index (κ3) is 9.79. The van der Waals surface area contributed by atoms with E-state index in [-0.39, 0.29) is 12.2 Å². The Morgan fingerprint density at radius 2 is 1.67 bits per heavy atom. The maximum atomic E-state index is 12.3. The Labute approximate surface area is 181 Å². The zero-order valence-electron chi connectivity index (χ0n) is 18.8. The summed E-state index contributed by atoms with van der Waals surface area (Å²) in [4.78, 5) is 29.6. The number of nitrogens with zero attached hydrogens (tertiary/aromatic N) is 1. The van der Waals surface area contributed by atoms with E-state index in [1.54, 1.807) is 11.1 Å². The van der Waals surface area contributed by atoms with E-state index in [0.717, 1.165) is 38.8 Å². The summed E-state index contributed by atoms with van der Waals surface area (Å²) in [6.07, 6.45) is 14.4. The maximum absolute atomic E-state index is 12.3. The van der Waals surface area contributed by atoms with Gasteiger partial charge in [0.15, 0.2) is 5.78 Å². The number of hydrogen-bond donors (Lipinski definition) is 0. The van der Waals surface area contributed by atoms with Crippen molar-refractivity contribution < 1.29 is 23.6 Å². The zero-order chi connectivity index (χ0) is 21.6. The number of hydrogen-bond acceptors (Lipinski definition) is 6. The average Bonchev–Trinajstić information content (AvgIpc) is 3.20. The Kier molecular flexibility index (Phi) is 11.6. The van der Waals surface area contributed by atoms with Crippen molar-refractivity contribution in [1.29, 1.82) is 0 Å². The first-order valence-corrected chi connectivity index (χ1v) is 11.8. The van der Waals surface area contributed by atoms with Gasteiger partial charge in [0.25, 0.3) is 5.95 Å². The lowest BCUT2D eigenvalue weighted by molar-refractivity contribution is -0.195. The number of rotatable bonds is 15. The van der Waals surface area contributed by atoms with Gasteiger partial charge in [-0.15, -0.1) is 5.06 Å². The fourth-order valence-electron chi connectivity index (χ4n) is 3.61. The van der Waals surface area contributed by atoms with Crippen molar-refractivity contribution in [1.82, 2.24) is 5.06 Å². The largest absolute Gasteiger partial charge is 0.465 e. The molecule has 1 aliphatic rings. The Balaban J connectivity index is 1.55. The van der Waals surface area contributed by atoms with Gasteiger partial charge < -0.3 is 14.0 Å². The van der Waals surface area contributed by atoms with E-state index < -0.39 is 5.97 Å². The van der Waals surface area contributed by atoms with E-state index in [1.807, 2.05) is 0 Å². The van der Waals surface area contributed by atoms with Crippen LogP contribution in [0.5, 0.6) is 5.95 Å². The summed E-state index contributed by atoms with van der Waals surface area (Å²) in [5.41, 5.74) is 0.348. The normalized spacial score (nSPS) is 15.3.